The quantitative estimate of drug-likeness (QED) is 0.556. The van der Waals surface area contributed by atoms with Gasteiger partial charge in [-0.3, -0.25) is 0 Å². The molecule has 0 atom stereocenters. The largest absolute Gasteiger partial charge is 0.396 e. The van der Waals surface area contributed by atoms with E-state index in [0.29, 0.717) is 17.6 Å². The zero-order valence-electron chi connectivity index (χ0n) is 9.63. The molecule has 0 radical (unpaired) electrons. The Hall–Kier alpha value is 0.660. The molecule has 0 spiro atoms. The van der Waals surface area contributed by atoms with E-state index in [2.05, 4.69) is 73.7 Å². The number of amidine groups is 1. The fraction of sp³-hybridized carbons (Fsp3) is 0.455. The predicted octanol–water partition coefficient (Wildman–Crippen LogP) is 3.56. The molecule has 0 amide bonds. The minimum atomic E-state index is -0.562. The van der Waals surface area contributed by atoms with Crippen LogP contribution in [0, 0.1) is 5.41 Å². The minimum absolute atomic E-state index is 0.00306. The van der Waals surface area contributed by atoms with Crippen molar-refractivity contribution in [2.45, 2.75) is 12.8 Å². The molecule has 2 aliphatic rings. The van der Waals surface area contributed by atoms with Crippen LogP contribution in [-0.4, -0.2) is 33.9 Å². The van der Waals surface area contributed by atoms with E-state index < -0.39 is 5.41 Å². The maximum absolute atomic E-state index is 9.39. The zero-order valence-corrected chi connectivity index (χ0v) is 16.0. The van der Waals surface area contributed by atoms with Gasteiger partial charge in [-0.1, -0.05) is 15.9 Å². The first-order chi connectivity index (χ1) is 8.97. The molecule has 1 aliphatic heterocycles. The van der Waals surface area contributed by atoms with Crippen molar-refractivity contribution in [3.05, 3.63) is 19.1 Å². The molecule has 0 saturated heterocycles. The van der Waals surface area contributed by atoms with Crippen molar-refractivity contribution in [1.29, 1.82) is 0 Å². The second kappa shape index (κ2) is 6.19. The maximum Gasteiger partial charge on any atom is 0.197 e. The Bertz CT molecular complexity index is 531. The van der Waals surface area contributed by atoms with Crippen LogP contribution in [0.4, 0.5) is 0 Å². The van der Waals surface area contributed by atoms with Crippen LogP contribution in [0.1, 0.15) is 12.8 Å². The molecule has 1 aliphatic carbocycles. The summed E-state index contributed by atoms with van der Waals surface area (Å²) < 4.78 is 2.99. The minimum Gasteiger partial charge on any atom is -0.396 e. The third-order valence-corrected chi connectivity index (χ3v) is 7.32. The predicted molar refractivity (Wildman–Crippen MR) is 90.5 cm³/mol. The highest BCUT2D eigenvalue weighted by Gasteiger charge is 2.46. The molecule has 0 unspecified atom stereocenters. The van der Waals surface area contributed by atoms with E-state index in [1.165, 1.54) is 0 Å². The smallest absolute Gasteiger partial charge is 0.197 e. The molecule has 0 aromatic rings. The van der Waals surface area contributed by atoms with E-state index in [-0.39, 0.29) is 13.2 Å². The lowest BCUT2D eigenvalue weighted by molar-refractivity contribution is 0.209. The second-order valence-corrected chi connectivity index (χ2v) is 7.25. The first-order valence-electron chi connectivity index (χ1n) is 5.49. The number of halogens is 4. The topological polar surface area (TPSA) is 65.2 Å². The molecular formula is C11H10Br4N2O2. The van der Waals surface area contributed by atoms with Gasteiger partial charge in [0.15, 0.2) is 4.74 Å². The fourth-order valence-electron chi connectivity index (χ4n) is 2.28. The highest BCUT2D eigenvalue weighted by molar-refractivity contribution is 9.18. The molecule has 8 heteroatoms. The molecule has 19 heavy (non-hydrogen) atoms. The van der Waals surface area contributed by atoms with Crippen molar-refractivity contribution < 1.29 is 10.2 Å². The highest BCUT2D eigenvalue weighted by atomic mass is 79.9. The number of aliphatic hydroxyl groups excluding tert-OH is 2. The van der Waals surface area contributed by atoms with Gasteiger partial charge in [-0.05, 0) is 60.6 Å². The van der Waals surface area contributed by atoms with Gasteiger partial charge < -0.3 is 10.2 Å². The fourth-order valence-corrected chi connectivity index (χ4v) is 4.72. The van der Waals surface area contributed by atoms with Gasteiger partial charge in [-0.15, -0.1) is 0 Å². The number of hydrogen-bond acceptors (Lipinski definition) is 4. The number of fused-ring (bicyclic) bond motifs is 1. The summed E-state index contributed by atoms with van der Waals surface area (Å²) in [7, 11) is 0. The molecule has 0 aromatic carbocycles. The lowest BCUT2D eigenvalue weighted by Gasteiger charge is -2.37. The van der Waals surface area contributed by atoms with Gasteiger partial charge >= 0.3 is 0 Å². The summed E-state index contributed by atoms with van der Waals surface area (Å²) in [5.41, 5.74) is 0.918. The van der Waals surface area contributed by atoms with E-state index in [1.54, 1.807) is 0 Å². The van der Waals surface area contributed by atoms with Gasteiger partial charge in [-0.25, -0.2) is 9.98 Å². The Labute approximate surface area is 144 Å². The van der Waals surface area contributed by atoms with Gasteiger partial charge in [0.05, 0.1) is 15.6 Å². The first kappa shape index (κ1) is 16.0. The summed E-state index contributed by atoms with van der Waals surface area (Å²) >= 11 is 13.9. The number of allylic oxidation sites excluding steroid dienone is 4. The monoisotopic (exact) mass is 518 g/mol. The SMILES string of the molecule is OCCC1(CCO)C2=NC(Br)=NC2=C(Br)C(Br)=C1Br. The van der Waals surface area contributed by atoms with Crippen molar-refractivity contribution >= 4 is 74.2 Å². The summed E-state index contributed by atoms with van der Waals surface area (Å²) in [6.07, 6.45) is 0.920. The van der Waals surface area contributed by atoms with Gasteiger partial charge in [0.2, 0.25) is 0 Å². The van der Waals surface area contributed by atoms with E-state index in [4.69, 9.17) is 0 Å². The summed E-state index contributed by atoms with van der Waals surface area (Å²) in [5.74, 6) is 0. The van der Waals surface area contributed by atoms with Crippen LogP contribution >= 0.6 is 63.7 Å². The van der Waals surface area contributed by atoms with Crippen LogP contribution in [0.2, 0.25) is 0 Å². The normalized spacial score (nSPS) is 21.6. The first-order valence-corrected chi connectivity index (χ1v) is 8.66. The van der Waals surface area contributed by atoms with Crippen molar-refractivity contribution in [2.75, 3.05) is 13.2 Å². The Morgan fingerprint density at radius 3 is 2.00 bits per heavy atom. The lowest BCUT2D eigenvalue weighted by Crippen LogP contribution is -2.37. The van der Waals surface area contributed by atoms with E-state index in [0.717, 1.165) is 24.9 Å². The summed E-state index contributed by atoms with van der Waals surface area (Å²) in [4.78, 5) is 8.78. The van der Waals surface area contributed by atoms with E-state index >= 15 is 0 Å². The molecule has 0 saturated carbocycles. The summed E-state index contributed by atoms with van der Waals surface area (Å²) in [6, 6.07) is 0. The number of nitrogens with zero attached hydrogens (tertiary/aromatic N) is 2. The van der Waals surface area contributed by atoms with Gasteiger partial charge in [0.1, 0.15) is 5.70 Å². The van der Waals surface area contributed by atoms with Crippen LogP contribution in [-0.2, 0) is 0 Å². The molecular weight excluding hydrogens is 512 g/mol. The van der Waals surface area contributed by atoms with Crippen molar-refractivity contribution in [2.24, 2.45) is 15.4 Å². The number of aliphatic hydroxyl groups is 2. The molecule has 1 heterocycles. The standard InChI is InChI=1S/C11H10Br4N2O2/c12-5-6(13)8(14)11(1-3-18,2-4-19)9-7(5)16-10(15)17-9/h18-19H,1-4H2. The summed E-state index contributed by atoms with van der Waals surface area (Å²) in [5, 5.41) is 18.8. The Kier molecular flexibility index (Phi) is 5.23. The van der Waals surface area contributed by atoms with E-state index in [1.807, 2.05) is 0 Å². The van der Waals surface area contributed by atoms with Crippen molar-refractivity contribution in [3.63, 3.8) is 0 Å². The van der Waals surface area contributed by atoms with E-state index in [9.17, 15) is 10.2 Å². The van der Waals surface area contributed by atoms with Crippen molar-refractivity contribution in [3.8, 4) is 0 Å². The molecule has 0 bridgehead atoms. The highest BCUT2D eigenvalue weighted by Crippen LogP contribution is 2.53. The van der Waals surface area contributed by atoms with Crippen molar-refractivity contribution in [1.82, 2.24) is 0 Å². The van der Waals surface area contributed by atoms with Gasteiger partial charge in [0, 0.05) is 22.2 Å². The average Bonchev–Trinajstić information content (AvgIpc) is 2.77. The summed E-state index contributed by atoms with van der Waals surface area (Å²) in [6.45, 7) is -0.00611. The van der Waals surface area contributed by atoms with Crippen LogP contribution < -0.4 is 0 Å². The molecule has 4 nitrogen and oxygen atoms in total. The van der Waals surface area contributed by atoms with Crippen LogP contribution in [0.5, 0.6) is 0 Å². The molecule has 2 N–H and O–H groups in total. The Morgan fingerprint density at radius 2 is 1.47 bits per heavy atom. The lowest BCUT2D eigenvalue weighted by atomic mass is 9.73. The molecule has 104 valence electrons. The van der Waals surface area contributed by atoms with Crippen LogP contribution in [0.25, 0.3) is 0 Å². The van der Waals surface area contributed by atoms with Gasteiger partial charge in [-0.2, -0.15) is 0 Å². The number of hydrogen-bond donors (Lipinski definition) is 2. The number of rotatable bonds is 4. The third-order valence-electron chi connectivity index (χ3n) is 3.18. The molecule has 0 fully saturated rings. The molecule has 0 aromatic heterocycles. The second-order valence-electron chi connectivity index (χ2n) is 4.16. The zero-order chi connectivity index (χ0) is 14.2. The average molecular weight is 522 g/mol. The van der Waals surface area contributed by atoms with Crippen LogP contribution in [0.3, 0.4) is 0 Å². The third kappa shape index (κ3) is 2.60. The molecule has 2 rings (SSSR count). The maximum atomic E-state index is 9.39. The Balaban J connectivity index is 2.65. The van der Waals surface area contributed by atoms with Crippen LogP contribution in [0.15, 0.2) is 29.1 Å². The van der Waals surface area contributed by atoms with Gasteiger partial charge in [0.25, 0.3) is 0 Å². The number of aliphatic imine (C=N–C) groups is 2. The Morgan fingerprint density at radius 1 is 0.895 bits per heavy atom.